The largest absolute Gasteiger partial charge is 0.364 e. The van der Waals surface area contributed by atoms with Crippen LogP contribution in [-0.4, -0.2) is 29.0 Å². The van der Waals surface area contributed by atoms with Crippen LogP contribution in [0.25, 0.3) is 0 Å². The van der Waals surface area contributed by atoms with Crippen molar-refractivity contribution in [2.45, 2.75) is 19.0 Å². The van der Waals surface area contributed by atoms with E-state index in [2.05, 4.69) is 55.4 Å². The molecule has 2 heterocycles. The van der Waals surface area contributed by atoms with E-state index in [1.807, 2.05) is 6.07 Å². The zero-order chi connectivity index (χ0) is 14.7. The maximum atomic E-state index is 13.8. The van der Waals surface area contributed by atoms with Crippen molar-refractivity contribution < 1.29 is 4.39 Å². The third-order valence-corrected chi connectivity index (χ3v) is 4.10. The lowest BCUT2D eigenvalue weighted by atomic mass is 10.2. The van der Waals surface area contributed by atoms with Gasteiger partial charge in [-0.2, -0.15) is 0 Å². The molecule has 110 valence electrons. The first kappa shape index (κ1) is 14.5. The van der Waals surface area contributed by atoms with Crippen molar-refractivity contribution in [1.82, 2.24) is 9.88 Å². The quantitative estimate of drug-likeness (QED) is 0.912. The van der Waals surface area contributed by atoms with Gasteiger partial charge < -0.3 is 5.32 Å². The number of pyridine rings is 1. The highest BCUT2D eigenvalue weighted by atomic mass is 79.9. The molecule has 3 rings (SSSR count). The second-order valence-electron chi connectivity index (χ2n) is 5.33. The SMILES string of the molecule is Fc1cc(Br)cnc1NC1CCN(Cc2ccccc2)C1. The van der Waals surface area contributed by atoms with Gasteiger partial charge in [0.2, 0.25) is 0 Å². The zero-order valence-electron chi connectivity index (χ0n) is 11.6. The van der Waals surface area contributed by atoms with Gasteiger partial charge in [0.25, 0.3) is 0 Å². The lowest BCUT2D eigenvalue weighted by Crippen LogP contribution is -2.26. The fourth-order valence-electron chi connectivity index (χ4n) is 2.65. The number of rotatable bonds is 4. The maximum Gasteiger partial charge on any atom is 0.166 e. The molecule has 0 radical (unpaired) electrons. The van der Waals surface area contributed by atoms with Gasteiger partial charge in [0.05, 0.1) is 0 Å². The molecule has 0 spiro atoms. The van der Waals surface area contributed by atoms with Crippen LogP contribution >= 0.6 is 15.9 Å². The van der Waals surface area contributed by atoms with Crippen LogP contribution in [0.1, 0.15) is 12.0 Å². The lowest BCUT2D eigenvalue weighted by molar-refractivity contribution is 0.328. The molecule has 1 N–H and O–H groups in total. The van der Waals surface area contributed by atoms with Crippen molar-refractivity contribution in [3.63, 3.8) is 0 Å². The van der Waals surface area contributed by atoms with Crippen LogP contribution in [0, 0.1) is 5.82 Å². The van der Waals surface area contributed by atoms with E-state index in [4.69, 9.17) is 0 Å². The molecule has 3 nitrogen and oxygen atoms in total. The number of halogens is 2. The minimum absolute atomic E-state index is 0.247. The molecule has 1 atom stereocenters. The fraction of sp³-hybridized carbons (Fsp3) is 0.312. The first-order valence-electron chi connectivity index (χ1n) is 7.04. The minimum atomic E-state index is -0.314. The molecule has 1 aliphatic heterocycles. The first-order chi connectivity index (χ1) is 10.2. The molecular formula is C16H17BrFN3. The molecule has 0 aliphatic carbocycles. The predicted octanol–water partition coefficient (Wildman–Crippen LogP) is 3.67. The topological polar surface area (TPSA) is 28.2 Å². The Hall–Kier alpha value is -1.46. The Balaban J connectivity index is 1.57. The van der Waals surface area contributed by atoms with Crippen LogP contribution in [0.2, 0.25) is 0 Å². The van der Waals surface area contributed by atoms with Gasteiger partial charge in [-0.1, -0.05) is 30.3 Å². The lowest BCUT2D eigenvalue weighted by Gasteiger charge is -2.17. The van der Waals surface area contributed by atoms with Gasteiger partial charge >= 0.3 is 0 Å². The summed E-state index contributed by atoms with van der Waals surface area (Å²) in [7, 11) is 0. The average Bonchev–Trinajstić information content (AvgIpc) is 2.90. The molecule has 21 heavy (non-hydrogen) atoms. The van der Waals surface area contributed by atoms with Crippen LogP contribution in [0.3, 0.4) is 0 Å². The second kappa shape index (κ2) is 6.54. The van der Waals surface area contributed by atoms with Crippen molar-refractivity contribution in [2.75, 3.05) is 18.4 Å². The average molecular weight is 350 g/mol. The van der Waals surface area contributed by atoms with Gasteiger partial charge in [0.1, 0.15) is 0 Å². The molecule has 0 bridgehead atoms. The molecule has 1 fully saturated rings. The van der Waals surface area contributed by atoms with Crippen molar-refractivity contribution >= 4 is 21.7 Å². The Kier molecular flexibility index (Phi) is 4.51. The molecule has 0 saturated carbocycles. The fourth-order valence-corrected chi connectivity index (χ4v) is 2.95. The van der Waals surface area contributed by atoms with Crippen molar-refractivity contribution in [1.29, 1.82) is 0 Å². The smallest absolute Gasteiger partial charge is 0.166 e. The summed E-state index contributed by atoms with van der Waals surface area (Å²) >= 11 is 3.22. The summed E-state index contributed by atoms with van der Waals surface area (Å²) in [5, 5.41) is 3.20. The molecule has 0 amide bonds. The van der Waals surface area contributed by atoms with Crippen LogP contribution in [0.5, 0.6) is 0 Å². The summed E-state index contributed by atoms with van der Waals surface area (Å²) in [6.45, 7) is 2.87. The summed E-state index contributed by atoms with van der Waals surface area (Å²) in [6, 6.07) is 12.1. The highest BCUT2D eigenvalue weighted by Crippen LogP contribution is 2.20. The number of nitrogens with zero attached hydrogens (tertiary/aromatic N) is 2. The van der Waals surface area contributed by atoms with Crippen LogP contribution in [0.15, 0.2) is 47.1 Å². The number of anilines is 1. The zero-order valence-corrected chi connectivity index (χ0v) is 13.2. The molecule has 1 saturated heterocycles. The van der Waals surface area contributed by atoms with Crippen molar-refractivity contribution in [2.24, 2.45) is 0 Å². The Labute approximate surface area is 132 Å². The Morgan fingerprint density at radius 1 is 1.33 bits per heavy atom. The molecule has 1 unspecified atom stereocenters. The Bertz CT molecular complexity index is 606. The van der Waals surface area contributed by atoms with E-state index in [9.17, 15) is 4.39 Å². The molecule has 5 heteroatoms. The number of benzene rings is 1. The number of hydrogen-bond donors (Lipinski definition) is 1. The Morgan fingerprint density at radius 3 is 2.90 bits per heavy atom. The van der Waals surface area contributed by atoms with E-state index in [1.54, 1.807) is 6.20 Å². The van der Waals surface area contributed by atoms with Gasteiger partial charge in [0, 0.05) is 36.3 Å². The summed E-state index contributed by atoms with van der Waals surface area (Å²) in [4.78, 5) is 6.48. The van der Waals surface area contributed by atoms with Gasteiger partial charge in [-0.15, -0.1) is 0 Å². The molecule has 1 aromatic heterocycles. The number of aromatic nitrogens is 1. The molecular weight excluding hydrogens is 333 g/mol. The predicted molar refractivity (Wildman–Crippen MR) is 85.6 cm³/mol. The van der Waals surface area contributed by atoms with E-state index in [0.29, 0.717) is 10.3 Å². The van der Waals surface area contributed by atoms with Crippen molar-refractivity contribution in [3.05, 3.63) is 58.4 Å². The molecule has 1 aromatic carbocycles. The Morgan fingerprint density at radius 2 is 2.14 bits per heavy atom. The normalized spacial score (nSPS) is 18.9. The van der Waals surface area contributed by atoms with Gasteiger partial charge in [-0.3, -0.25) is 4.90 Å². The molecule has 1 aliphatic rings. The van der Waals surface area contributed by atoms with Crippen LogP contribution in [-0.2, 0) is 6.54 Å². The van der Waals surface area contributed by atoms with E-state index in [0.717, 1.165) is 26.1 Å². The second-order valence-corrected chi connectivity index (χ2v) is 6.25. The van der Waals surface area contributed by atoms with E-state index >= 15 is 0 Å². The maximum absolute atomic E-state index is 13.8. The van der Waals surface area contributed by atoms with Crippen LogP contribution < -0.4 is 5.32 Å². The van der Waals surface area contributed by atoms with Crippen LogP contribution in [0.4, 0.5) is 10.2 Å². The summed E-state index contributed by atoms with van der Waals surface area (Å²) in [5.41, 5.74) is 1.31. The summed E-state index contributed by atoms with van der Waals surface area (Å²) in [6.07, 6.45) is 2.62. The number of hydrogen-bond acceptors (Lipinski definition) is 3. The van der Waals surface area contributed by atoms with Crippen molar-refractivity contribution in [3.8, 4) is 0 Å². The summed E-state index contributed by atoms with van der Waals surface area (Å²) in [5.74, 6) is 0.0237. The monoisotopic (exact) mass is 349 g/mol. The van der Waals surface area contributed by atoms with Gasteiger partial charge in [0.15, 0.2) is 11.6 Å². The highest BCUT2D eigenvalue weighted by molar-refractivity contribution is 9.10. The third kappa shape index (κ3) is 3.80. The standard InChI is InChI=1S/C16H17BrFN3/c17-13-8-15(18)16(19-9-13)20-14-6-7-21(11-14)10-12-4-2-1-3-5-12/h1-5,8-9,14H,6-7,10-11H2,(H,19,20). The van der Waals surface area contributed by atoms with E-state index in [1.165, 1.54) is 11.6 Å². The third-order valence-electron chi connectivity index (χ3n) is 3.67. The summed E-state index contributed by atoms with van der Waals surface area (Å²) < 4.78 is 14.4. The van der Waals surface area contributed by atoms with E-state index in [-0.39, 0.29) is 11.9 Å². The molecule has 2 aromatic rings. The number of nitrogens with one attached hydrogen (secondary N) is 1. The number of likely N-dealkylation sites (tertiary alicyclic amines) is 1. The first-order valence-corrected chi connectivity index (χ1v) is 7.84. The van der Waals surface area contributed by atoms with Gasteiger partial charge in [-0.25, -0.2) is 9.37 Å². The van der Waals surface area contributed by atoms with Gasteiger partial charge in [-0.05, 0) is 34.0 Å². The highest BCUT2D eigenvalue weighted by Gasteiger charge is 2.23. The minimum Gasteiger partial charge on any atom is -0.364 e. The van der Waals surface area contributed by atoms with E-state index < -0.39 is 0 Å².